The third kappa shape index (κ3) is 11.1. The summed E-state index contributed by atoms with van der Waals surface area (Å²) in [5.74, 6) is 2.90. The maximum Gasteiger partial charge on any atom is 0.199 e. The van der Waals surface area contributed by atoms with Crippen LogP contribution in [0.25, 0.3) is 45.2 Å². The van der Waals surface area contributed by atoms with Gasteiger partial charge < -0.3 is 18.3 Å². The molecule has 0 atom stereocenters. The topological polar surface area (TPSA) is 139 Å². The largest absolute Gasteiger partial charge is 0.497 e. The van der Waals surface area contributed by atoms with E-state index in [0.29, 0.717) is 76.2 Å². The molecule has 8 rings (SSSR count). The average molecular weight is 889 g/mol. The molecule has 0 fully saturated rings. The molecule has 0 N–H and O–H groups in total. The van der Waals surface area contributed by atoms with Crippen LogP contribution in [0.5, 0.6) is 11.5 Å². The predicted octanol–water partition coefficient (Wildman–Crippen LogP) is 10.5. The molecule has 0 aliphatic heterocycles. The van der Waals surface area contributed by atoms with Crippen molar-refractivity contribution in [3.05, 3.63) is 180 Å². The molecule has 0 saturated heterocycles. The van der Waals surface area contributed by atoms with Crippen LogP contribution in [0.4, 0.5) is 8.78 Å². The van der Waals surface area contributed by atoms with Gasteiger partial charge in [-0.1, -0.05) is 24.3 Å². The van der Waals surface area contributed by atoms with Crippen LogP contribution in [0.1, 0.15) is 22.9 Å². The molecule has 322 valence electrons. The van der Waals surface area contributed by atoms with E-state index >= 15 is 0 Å². The molecule has 2 aromatic heterocycles. The zero-order chi connectivity index (χ0) is 44.7. The summed E-state index contributed by atoms with van der Waals surface area (Å²) in [5, 5.41) is 0. The van der Waals surface area contributed by atoms with Gasteiger partial charge in [0, 0.05) is 47.6 Å². The highest BCUT2D eigenvalue weighted by molar-refractivity contribution is 7.91. The Morgan fingerprint density at radius 1 is 0.492 bits per heavy atom. The first-order valence-corrected chi connectivity index (χ1v) is 23.3. The van der Waals surface area contributed by atoms with E-state index in [0.717, 1.165) is 35.1 Å². The average Bonchev–Trinajstić information content (AvgIpc) is 3.91. The lowest BCUT2D eigenvalue weighted by molar-refractivity contribution is 0.414. The molecule has 0 bridgehead atoms. The van der Waals surface area contributed by atoms with E-state index in [1.54, 1.807) is 62.8 Å². The Kier molecular flexibility index (Phi) is 13.3. The van der Waals surface area contributed by atoms with Gasteiger partial charge in [-0.3, -0.25) is 0 Å². The minimum atomic E-state index is -3.31. The number of sulfone groups is 2. The Balaban J connectivity index is 0.000000189. The van der Waals surface area contributed by atoms with Gasteiger partial charge in [-0.2, -0.15) is 0 Å². The van der Waals surface area contributed by atoms with Crippen LogP contribution < -0.4 is 9.47 Å². The van der Waals surface area contributed by atoms with E-state index in [1.165, 1.54) is 48.5 Å². The van der Waals surface area contributed by atoms with E-state index < -0.39 is 19.7 Å². The Hall–Kier alpha value is -6.90. The molecule has 6 aromatic carbocycles. The number of hydrogen-bond donors (Lipinski definition) is 0. The SMILES string of the molecule is COc1ccc(Cc2nc(-c3ccc(F)cc3)c(-c3ccc(S(C)(=O)=O)cc3)o2)cc1.COc1cccc(CCc2nc(-c3ccc(F)cc3)c(-c3ccc(S(C)(=O)=O)cc3)o2)c1. The molecule has 14 heteroatoms. The number of benzene rings is 6. The van der Waals surface area contributed by atoms with Gasteiger partial charge in [-0.25, -0.2) is 35.6 Å². The quantitative estimate of drug-likeness (QED) is 0.110. The lowest BCUT2D eigenvalue weighted by Crippen LogP contribution is -1.96. The van der Waals surface area contributed by atoms with Crippen LogP contribution in [0.3, 0.4) is 0 Å². The van der Waals surface area contributed by atoms with Crippen molar-refractivity contribution < 1.29 is 43.9 Å². The summed E-state index contributed by atoms with van der Waals surface area (Å²) in [6.07, 6.45) is 4.04. The van der Waals surface area contributed by atoms with Gasteiger partial charge in [-0.15, -0.1) is 0 Å². The molecule has 8 aromatic rings. The lowest BCUT2D eigenvalue weighted by atomic mass is 10.1. The van der Waals surface area contributed by atoms with Crippen molar-refractivity contribution in [1.82, 2.24) is 9.97 Å². The standard InChI is InChI=1S/C25H22FNO4S.C24H20FNO4S/c1-30-21-5-3-4-17(16-21)6-15-23-27-24(18-7-11-20(26)12-8-18)25(31-23)19-9-13-22(14-10-19)32(2,28)29;1-29-20-11-3-16(4-12-20)15-22-26-23(17-5-9-19(25)10-6-17)24(30-22)18-7-13-21(14-8-18)31(2,27)28/h3-5,7-14,16H,6,15H2,1-2H3;3-14H,15H2,1-2H3. The zero-order valence-electron chi connectivity index (χ0n) is 34.7. The number of aromatic nitrogens is 2. The van der Waals surface area contributed by atoms with Crippen molar-refractivity contribution in [2.75, 3.05) is 26.7 Å². The van der Waals surface area contributed by atoms with Crippen molar-refractivity contribution in [3.63, 3.8) is 0 Å². The van der Waals surface area contributed by atoms with E-state index in [4.69, 9.17) is 18.3 Å². The van der Waals surface area contributed by atoms with Gasteiger partial charge in [0.05, 0.1) is 24.0 Å². The molecule has 0 unspecified atom stereocenters. The Morgan fingerprint density at radius 3 is 1.40 bits per heavy atom. The first-order chi connectivity index (χ1) is 30.2. The summed E-state index contributed by atoms with van der Waals surface area (Å²) in [7, 11) is -3.38. The van der Waals surface area contributed by atoms with Crippen molar-refractivity contribution in [2.24, 2.45) is 0 Å². The second kappa shape index (κ2) is 19.0. The van der Waals surface area contributed by atoms with Gasteiger partial charge in [-0.05, 0) is 139 Å². The number of ether oxygens (including phenoxy) is 2. The fourth-order valence-electron chi connectivity index (χ4n) is 6.61. The summed E-state index contributed by atoms with van der Waals surface area (Å²) < 4.78 is 96.7. The van der Waals surface area contributed by atoms with Gasteiger partial charge in [0.25, 0.3) is 0 Å². The number of aryl methyl sites for hydroxylation is 2. The maximum absolute atomic E-state index is 13.4. The second-order valence-electron chi connectivity index (χ2n) is 14.6. The highest BCUT2D eigenvalue weighted by atomic mass is 32.2. The van der Waals surface area contributed by atoms with Crippen LogP contribution in [0, 0.1) is 11.6 Å². The van der Waals surface area contributed by atoms with Gasteiger partial charge in [0.15, 0.2) is 43.0 Å². The highest BCUT2D eigenvalue weighted by Crippen LogP contribution is 2.36. The van der Waals surface area contributed by atoms with Crippen LogP contribution in [0.2, 0.25) is 0 Å². The van der Waals surface area contributed by atoms with Gasteiger partial charge >= 0.3 is 0 Å². The van der Waals surface area contributed by atoms with Crippen LogP contribution in [-0.2, 0) is 38.9 Å². The smallest absolute Gasteiger partial charge is 0.199 e. The number of nitrogens with zero attached hydrogens (tertiary/aromatic N) is 2. The molecule has 0 amide bonds. The molecule has 0 spiro atoms. The normalized spacial score (nSPS) is 11.5. The molecule has 2 heterocycles. The maximum atomic E-state index is 13.4. The Bertz CT molecular complexity index is 3040. The number of hydrogen-bond acceptors (Lipinski definition) is 10. The van der Waals surface area contributed by atoms with Gasteiger partial charge in [0.1, 0.15) is 34.5 Å². The number of oxazole rings is 2. The number of methoxy groups -OCH3 is 2. The fourth-order valence-corrected chi connectivity index (χ4v) is 7.87. The molecule has 0 saturated carbocycles. The third-order valence-corrected chi connectivity index (χ3v) is 12.2. The zero-order valence-corrected chi connectivity index (χ0v) is 36.3. The summed E-state index contributed by atoms with van der Waals surface area (Å²) in [4.78, 5) is 9.78. The van der Waals surface area contributed by atoms with E-state index in [9.17, 15) is 25.6 Å². The summed E-state index contributed by atoms with van der Waals surface area (Å²) in [5.41, 5.74) is 6.01. The minimum Gasteiger partial charge on any atom is -0.497 e. The lowest BCUT2D eigenvalue weighted by Gasteiger charge is -2.03. The first kappa shape index (κ1) is 44.2. The summed E-state index contributed by atoms with van der Waals surface area (Å²) >= 11 is 0. The van der Waals surface area contributed by atoms with Crippen LogP contribution >= 0.6 is 0 Å². The van der Waals surface area contributed by atoms with Crippen LogP contribution in [0.15, 0.2) is 164 Å². The first-order valence-electron chi connectivity index (χ1n) is 19.5. The highest BCUT2D eigenvalue weighted by Gasteiger charge is 2.20. The van der Waals surface area contributed by atoms with E-state index in [-0.39, 0.29) is 21.4 Å². The molecular formula is C49H42F2N2O8S2. The van der Waals surface area contributed by atoms with Crippen molar-refractivity contribution in [1.29, 1.82) is 0 Å². The van der Waals surface area contributed by atoms with Gasteiger partial charge in [0.2, 0.25) is 0 Å². The predicted molar refractivity (Wildman–Crippen MR) is 237 cm³/mol. The molecule has 0 aliphatic rings. The monoisotopic (exact) mass is 888 g/mol. The molecule has 10 nitrogen and oxygen atoms in total. The second-order valence-corrected chi connectivity index (χ2v) is 18.6. The third-order valence-electron chi connectivity index (χ3n) is 9.94. The van der Waals surface area contributed by atoms with Crippen molar-refractivity contribution in [3.8, 4) is 56.7 Å². The van der Waals surface area contributed by atoms with E-state index in [1.807, 2.05) is 48.5 Å². The Labute approximate surface area is 364 Å². The van der Waals surface area contributed by atoms with Crippen LogP contribution in [-0.4, -0.2) is 53.5 Å². The Morgan fingerprint density at radius 2 is 0.937 bits per heavy atom. The van der Waals surface area contributed by atoms with Crippen molar-refractivity contribution in [2.45, 2.75) is 29.1 Å². The molecule has 63 heavy (non-hydrogen) atoms. The number of rotatable bonds is 13. The molecule has 0 radical (unpaired) electrons. The fraction of sp³-hybridized carbons (Fsp3) is 0.143. The minimum absolute atomic E-state index is 0.220. The van der Waals surface area contributed by atoms with Crippen molar-refractivity contribution >= 4 is 19.7 Å². The number of halogens is 2. The summed E-state index contributed by atoms with van der Waals surface area (Å²) in [6.45, 7) is 0. The van der Waals surface area contributed by atoms with E-state index in [2.05, 4.69) is 9.97 Å². The molecule has 0 aliphatic carbocycles. The summed E-state index contributed by atoms with van der Waals surface area (Å²) in [6, 6.07) is 40.3. The molecular weight excluding hydrogens is 847 g/mol.